The van der Waals surface area contributed by atoms with E-state index in [0.29, 0.717) is 11.4 Å². The average molecular weight is 507 g/mol. The number of hydrogen-bond acceptors (Lipinski definition) is 4. The summed E-state index contributed by atoms with van der Waals surface area (Å²) >= 11 is 6.01. The minimum absolute atomic E-state index is 0.149. The highest BCUT2D eigenvalue weighted by Gasteiger charge is 2.34. The Morgan fingerprint density at radius 2 is 1.79 bits per heavy atom. The number of rotatable bonds is 6. The first-order valence-electron chi connectivity index (χ1n) is 10.3. The third kappa shape index (κ3) is 4.97. The van der Waals surface area contributed by atoms with E-state index in [0.717, 1.165) is 23.8 Å². The van der Waals surface area contributed by atoms with E-state index in [4.69, 9.17) is 11.6 Å². The second-order valence-corrected chi connectivity index (χ2v) is 10.2. The monoisotopic (exact) mass is 506 g/mol. The van der Waals surface area contributed by atoms with Gasteiger partial charge in [-0.3, -0.25) is 14.5 Å². The maximum atomic E-state index is 14.9. The predicted octanol–water partition coefficient (Wildman–Crippen LogP) is 5.31. The fourth-order valence-corrected chi connectivity index (χ4v) is 5.02. The zero-order valence-corrected chi connectivity index (χ0v) is 19.9. The Balaban J connectivity index is 1.58. The summed E-state index contributed by atoms with van der Waals surface area (Å²) in [6.07, 6.45) is 0. The number of nitrogens with zero attached hydrogens (tertiary/aromatic N) is 3. The molecule has 0 bridgehead atoms. The normalized spacial score (nSPS) is 13.9. The maximum Gasteiger partial charge on any atom is 0.330 e. The van der Waals surface area contributed by atoms with Gasteiger partial charge in [0, 0.05) is 17.3 Å². The first kappa shape index (κ1) is 23.9. The third-order valence-corrected chi connectivity index (χ3v) is 6.69. The Labute approximate surface area is 201 Å². The van der Waals surface area contributed by atoms with Crippen molar-refractivity contribution in [1.29, 1.82) is 0 Å². The zero-order valence-electron chi connectivity index (χ0n) is 18.3. The van der Waals surface area contributed by atoms with E-state index in [1.165, 1.54) is 34.1 Å². The summed E-state index contributed by atoms with van der Waals surface area (Å²) < 4.78 is 55.1. The molecule has 3 aromatic rings. The van der Waals surface area contributed by atoms with Crippen LogP contribution in [0.25, 0.3) is 0 Å². The Morgan fingerprint density at radius 3 is 2.44 bits per heavy atom. The second-order valence-electron chi connectivity index (χ2n) is 8.10. The summed E-state index contributed by atoms with van der Waals surface area (Å²) in [6, 6.07) is 11.5. The molecular weight excluding hydrogens is 486 g/mol. The molecule has 34 heavy (non-hydrogen) atoms. The lowest BCUT2D eigenvalue weighted by Crippen LogP contribution is -2.50. The van der Waals surface area contributed by atoms with Crippen molar-refractivity contribution in [2.24, 2.45) is 0 Å². The van der Waals surface area contributed by atoms with Gasteiger partial charge in [-0.15, -0.1) is 0 Å². The number of nitrogens with one attached hydrogen (secondary N) is 1. The van der Waals surface area contributed by atoms with Crippen molar-refractivity contribution in [3.05, 3.63) is 82.5 Å². The van der Waals surface area contributed by atoms with E-state index in [-0.39, 0.29) is 29.1 Å². The van der Waals surface area contributed by atoms with Gasteiger partial charge < -0.3 is 0 Å². The molecule has 0 radical (unpaired) electrons. The first-order valence-corrected chi connectivity index (χ1v) is 12.4. The number of benzene rings is 2. The van der Waals surface area contributed by atoms with Gasteiger partial charge in [0.15, 0.2) is 0 Å². The summed E-state index contributed by atoms with van der Waals surface area (Å²) in [7, 11) is -3.96. The van der Waals surface area contributed by atoms with Crippen molar-refractivity contribution in [3.8, 4) is 0 Å². The molecule has 0 saturated carbocycles. The quantitative estimate of drug-likeness (QED) is 0.459. The van der Waals surface area contributed by atoms with Gasteiger partial charge in [-0.2, -0.15) is 0 Å². The number of halogens is 3. The van der Waals surface area contributed by atoms with Crippen molar-refractivity contribution in [2.45, 2.75) is 32.2 Å². The minimum Gasteiger partial charge on any atom is -0.289 e. The summed E-state index contributed by atoms with van der Waals surface area (Å²) in [5, 5.41) is 0.258. The van der Waals surface area contributed by atoms with Crippen molar-refractivity contribution in [3.63, 3.8) is 0 Å². The van der Waals surface area contributed by atoms with Crippen LogP contribution in [0.4, 0.5) is 30.8 Å². The lowest BCUT2D eigenvalue weighted by atomic mass is 10.1. The van der Waals surface area contributed by atoms with Crippen molar-refractivity contribution >= 4 is 44.8 Å². The van der Waals surface area contributed by atoms with E-state index < -0.39 is 33.4 Å². The number of carbonyl (C=O) groups is 1. The molecule has 1 N–H and O–H groups in total. The van der Waals surface area contributed by atoms with E-state index in [2.05, 4.69) is 9.71 Å². The molecule has 7 nitrogen and oxygen atoms in total. The average Bonchev–Trinajstić information content (AvgIpc) is 2.76. The van der Waals surface area contributed by atoms with Gasteiger partial charge in [0.2, 0.25) is 10.0 Å². The predicted molar refractivity (Wildman–Crippen MR) is 127 cm³/mol. The van der Waals surface area contributed by atoms with Crippen LogP contribution in [-0.2, 0) is 22.3 Å². The lowest BCUT2D eigenvalue weighted by Gasteiger charge is -2.38. The molecule has 0 fully saturated rings. The van der Waals surface area contributed by atoms with E-state index in [1.54, 1.807) is 12.1 Å². The Bertz CT molecular complexity index is 1350. The van der Waals surface area contributed by atoms with Gasteiger partial charge in [-0.1, -0.05) is 29.8 Å². The number of hydrogen-bond donors (Lipinski definition) is 1. The van der Waals surface area contributed by atoms with Gasteiger partial charge in [-0.05, 0) is 55.8 Å². The Hall–Kier alpha value is -3.24. The SMILES string of the molecule is CC(C)N1C(=O)N(c2ccc(NS(=O)(=O)Cc3ccc(F)cc3)c(F)c2)Cc2ccc(Cl)nc21. The van der Waals surface area contributed by atoms with Crippen LogP contribution >= 0.6 is 11.6 Å². The maximum absolute atomic E-state index is 14.9. The summed E-state index contributed by atoms with van der Waals surface area (Å²) in [5.74, 6) is -1.33. The molecular formula is C23H21ClF2N4O3S. The molecule has 2 amide bonds. The number of sulfonamides is 1. The molecule has 1 aliphatic heterocycles. The Morgan fingerprint density at radius 1 is 1.09 bits per heavy atom. The van der Waals surface area contributed by atoms with E-state index in [1.807, 2.05) is 13.8 Å². The van der Waals surface area contributed by atoms with Gasteiger partial charge in [0.1, 0.15) is 22.6 Å². The van der Waals surface area contributed by atoms with Crippen LogP contribution in [0.15, 0.2) is 54.6 Å². The highest BCUT2D eigenvalue weighted by molar-refractivity contribution is 7.91. The van der Waals surface area contributed by atoms with Gasteiger partial charge in [0.05, 0.1) is 18.0 Å². The fourth-order valence-electron chi connectivity index (χ4n) is 3.67. The standard InChI is InChI=1S/C23H21ClF2N4O3S/c1-14(2)30-22-16(5-10-21(24)27-22)12-29(23(30)31)18-8-9-20(19(26)11-18)28-34(32,33)13-15-3-6-17(25)7-4-15/h3-11,14,28H,12-13H2,1-2H3. The highest BCUT2D eigenvalue weighted by Crippen LogP contribution is 2.34. The van der Waals surface area contributed by atoms with Crippen molar-refractivity contribution in [1.82, 2.24) is 4.98 Å². The van der Waals surface area contributed by atoms with Crippen LogP contribution in [-0.4, -0.2) is 25.5 Å². The van der Waals surface area contributed by atoms with Gasteiger partial charge in [0.25, 0.3) is 0 Å². The molecule has 0 unspecified atom stereocenters. The number of amides is 2. The van der Waals surface area contributed by atoms with E-state index in [9.17, 15) is 22.0 Å². The molecule has 4 rings (SSSR count). The topological polar surface area (TPSA) is 82.6 Å². The molecule has 2 heterocycles. The number of carbonyl (C=O) groups excluding carboxylic acids is 1. The van der Waals surface area contributed by atoms with Gasteiger partial charge in [-0.25, -0.2) is 27.0 Å². The number of urea groups is 1. The van der Waals surface area contributed by atoms with Crippen LogP contribution in [0.2, 0.25) is 5.15 Å². The van der Waals surface area contributed by atoms with Crippen LogP contribution in [0.3, 0.4) is 0 Å². The smallest absolute Gasteiger partial charge is 0.289 e. The number of fused-ring (bicyclic) bond motifs is 1. The third-order valence-electron chi connectivity index (χ3n) is 5.23. The lowest BCUT2D eigenvalue weighted by molar-refractivity contribution is 0.248. The Kier molecular flexibility index (Phi) is 6.46. The molecule has 11 heteroatoms. The highest BCUT2D eigenvalue weighted by atomic mass is 35.5. The summed E-state index contributed by atoms with van der Waals surface area (Å²) in [4.78, 5) is 20.3. The van der Waals surface area contributed by atoms with Crippen LogP contribution in [0, 0.1) is 11.6 Å². The van der Waals surface area contributed by atoms with E-state index >= 15 is 0 Å². The first-order chi connectivity index (χ1) is 16.0. The van der Waals surface area contributed by atoms with Crippen LogP contribution < -0.4 is 14.5 Å². The summed E-state index contributed by atoms with van der Waals surface area (Å²) in [6.45, 7) is 3.80. The zero-order chi connectivity index (χ0) is 24.6. The molecule has 2 aromatic carbocycles. The molecule has 0 atom stereocenters. The van der Waals surface area contributed by atoms with Crippen LogP contribution in [0.1, 0.15) is 25.0 Å². The summed E-state index contributed by atoms with van der Waals surface area (Å²) in [5.41, 5.74) is 1.09. The van der Waals surface area contributed by atoms with Crippen molar-refractivity contribution in [2.75, 3.05) is 14.5 Å². The molecule has 0 saturated heterocycles. The minimum atomic E-state index is -3.96. The molecule has 1 aliphatic rings. The largest absolute Gasteiger partial charge is 0.330 e. The number of pyridine rings is 1. The molecule has 0 aliphatic carbocycles. The fraction of sp³-hybridized carbons (Fsp3) is 0.217. The molecule has 0 spiro atoms. The molecule has 178 valence electrons. The van der Waals surface area contributed by atoms with Crippen LogP contribution in [0.5, 0.6) is 0 Å². The van der Waals surface area contributed by atoms with Gasteiger partial charge >= 0.3 is 6.03 Å². The second kappa shape index (κ2) is 9.19. The molecule has 1 aromatic heterocycles. The number of anilines is 3. The number of aromatic nitrogens is 1. The van der Waals surface area contributed by atoms with Crippen molar-refractivity contribution < 1.29 is 22.0 Å².